The molecule has 0 aliphatic heterocycles. The van der Waals surface area contributed by atoms with Crippen LogP contribution in [-0.4, -0.2) is 15.0 Å². The third kappa shape index (κ3) is 2.38. The molecular weight excluding hydrogens is 246 g/mol. The molecule has 0 saturated heterocycles. The Balaban J connectivity index is 2.46. The first-order valence-corrected chi connectivity index (χ1v) is 7.02. The standard InChI is InChI=1S/C14H14NO2S/c1-2-15(13-9-5-3-6-10-13)18(16,17)14-11-7-4-8-12-14/h3-12H,1-2H2. The van der Waals surface area contributed by atoms with Crippen molar-refractivity contribution in [2.75, 3.05) is 10.8 Å². The highest BCUT2D eigenvalue weighted by Crippen LogP contribution is 2.22. The van der Waals surface area contributed by atoms with Gasteiger partial charge in [0.25, 0.3) is 10.0 Å². The van der Waals surface area contributed by atoms with E-state index in [0.29, 0.717) is 5.69 Å². The van der Waals surface area contributed by atoms with Crippen molar-refractivity contribution >= 4 is 15.7 Å². The van der Waals surface area contributed by atoms with E-state index in [1.807, 2.05) is 6.07 Å². The smallest absolute Gasteiger partial charge is 0.264 e. The maximum atomic E-state index is 12.4. The molecule has 0 atom stereocenters. The van der Waals surface area contributed by atoms with E-state index in [9.17, 15) is 8.42 Å². The summed E-state index contributed by atoms with van der Waals surface area (Å²) in [6, 6.07) is 17.3. The summed E-state index contributed by atoms with van der Waals surface area (Å²) in [4.78, 5) is 0.275. The van der Waals surface area contributed by atoms with Crippen molar-refractivity contribution < 1.29 is 8.42 Å². The van der Waals surface area contributed by atoms with Crippen molar-refractivity contribution in [3.05, 3.63) is 67.6 Å². The highest BCUT2D eigenvalue weighted by Gasteiger charge is 2.22. The Labute approximate surface area is 108 Å². The fourth-order valence-electron chi connectivity index (χ4n) is 1.70. The zero-order valence-corrected chi connectivity index (χ0v) is 10.7. The summed E-state index contributed by atoms with van der Waals surface area (Å²) in [7, 11) is -3.53. The van der Waals surface area contributed by atoms with Gasteiger partial charge in [0.2, 0.25) is 0 Å². The van der Waals surface area contributed by atoms with Gasteiger partial charge in [0, 0.05) is 6.54 Å². The Bertz CT molecular complexity index is 594. The van der Waals surface area contributed by atoms with Crippen molar-refractivity contribution in [3.8, 4) is 0 Å². The number of rotatable bonds is 4. The molecule has 18 heavy (non-hydrogen) atoms. The maximum absolute atomic E-state index is 12.4. The van der Waals surface area contributed by atoms with Gasteiger partial charge in [-0.1, -0.05) is 36.4 Å². The molecule has 4 heteroatoms. The Kier molecular flexibility index (Phi) is 3.67. The minimum atomic E-state index is -3.53. The quantitative estimate of drug-likeness (QED) is 0.847. The summed E-state index contributed by atoms with van der Waals surface area (Å²) in [6.45, 7) is 3.85. The number of hydrogen-bond acceptors (Lipinski definition) is 2. The lowest BCUT2D eigenvalue weighted by Gasteiger charge is -2.22. The van der Waals surface area contributed by atoms with Gasteiger partial charge in [0.15, 0.2) is 0 Å². The van der Waals surface area contributed by atoms with Crippen LogP contribution in [-0.2, 0) is 10.0 Å². The second-order valence-corrected chi connectivity index (χ2v) is 5.59. The number of hydrogen-bond donors (Lipinski definition) is 0. The molecule has 93 valence electrons. The molecule has 2 aromatic carbocycles. The number of nitrogens with zero attached hydrogens (tertiary/aromatic N) is 1. The first kappa shape index (κ1) is 12.6. The zero-order valence-electron chi connectivity index (χ0n) is 9.86. The maximum Gasteiger partial charge on any atom is 0.264 e. The monoisotopic (exact) mass is 260 g/mol. The minimum absolute atomic E-state index is 0.154. The molecular formula is C14H14NO2S. The van der Waals surface area contributed by atoms with E-state index in [1.165, 1.54) is 4.31 Å². The molecule has 0 N–H and O–H groups in total. The molecule has 0 aromatic heterocycles. The Morgan fingerprint density at radius 3 is 1.89 bits per heavy atom. The third-order valence-corrected chi connectivity index (χ3v) is 4.42. The molecule has 2 aromatic rings. The van der Waals surface area contributed by atoms with E-state index in [2.05, 4.69) is 6.92 Å². The summed E-state index contributed by atoms with van der Waals surface area (Å²) in [5, 5.41) is 0. The second kappa shape index (κ2) is 5.23. The third-order valence-electron chi connectivity index (χ3n) is 2.58. The van der Waals surface area contributed by atoms with Crippen LogP contribution in [0.4, 0.5) is 5.69 Å². The van der Waals surface area contributed by atoms with Crippen LogP contribution >= 0.6 is 0 Å². The summed E-state index contributed by atoms with van der Waals surface area (Å²) in [5.74, 6) is 0. The Morgan fingerprint density at radius 1 is 0.889 bits per heavy atom. The summed E-state index contributed by atoms with van der Waals surface area (Å²) in [6.07, 6.45) is 0. The van der Waals surface area contributed by atoms with Gasteiger partial charge < -0.3 is 0 Å². The van der Waals surface area contributed by atoms with E-state index in [0.717, 1.165) is 0 Å². The van der Waals surface area contributed by atoms with Crippen molar-refractivity contribution in [2.45, 2.75) is 4.90 Å². The predicted octanol–water partition coefficient (Wildman–Crippen LogP) is 2.72. The normalized spacial score (nSPS) is 11.2. The van der Waals surface area contributed by atoms with E-state index >= 15 is 0 Å². The number of sulfonamides is 1. The topological polar surface area (TPSA) is 37.4 Å². The molecule has 0 spiro atoms. The van der Waals surface area contributed by atoms with Gasteiger partial charge in [0.1, 0.15) is 0 Å². The molecule has 1 radical (unpaired) electrons. The average Bonchev–Trinajstić information content (AvgIpc) is 2.41. The first-order valence-electron chi connectivity index (χ1n) is 5.58. The van der Waals surface area contributed by atoms with Crippen LogP contribution in [0.3, 0.4) is 0 Å². The molecule has 0 fully saturated rings. The number of para-hydroxylation sites is 1. The van der Waals surface area contributed by atoms with E-state index in [4.69, 9.17) is 0 Å². The summed E-state index contributed by atoms with van der Waals surface area (Å²) in [5.41, 5.74) is 0.622. The highest BCUT2D eigenvalue weighted by atomic mass is 32.2. The minimum Gasteiger partial charge on any atom is -0.266 e. The van der Waals surface area contributed by atoms with E-state index in [1.54, 1.807) is 54.6 Å². The molecule has 3 nitrogen and oxygen atoms in total. The molecule has 0 aliphatic carbocycles. The van der Waals surface area contributed by atoms with E-state index in [-0.39, 0.29) is 11.4 Å². The zero-order chi connectivity index (χ0) is 13.0. The van der Waals surface area contributed by atoms with Gasteiger partial charge in [-0.05, 0) is 31.2 Å². The van der Waals surface area contributed by atoms with Crippen LogP contribution in [0.1, 0.15) is 0 Å². The Hall–Kier alpha value is -1.81. The van der Waals surface area contributed by atoms with Crippen LogP contribution in [0, 0.1) is 6.92 Å². The first-order chi connectivity index (χ1) is 8.66. The van der Waals surface area contributed by atoms with Crippen molar-refractivity contribution in [1.82, 2.24) is 0 Å². The van der Waals surface area contributed by atoms with Gasteiger partial charge in [-0.3, -0.25) is 4.31 Å². The second-order valence-electron chi connectivity index (χ2n) is 3.73. The van der Waals surface area contributed by atoms with Crippen LogP contribution in [0.25, 0.3) is 0 Å². The highest BCUT2D eigenvalue weighted by molar-refractivity contribution is 7.92. The summed E-state index contributed by atoms with van der Waals surface area (Å²) < 4.78 is 26.2. The molecule has 0 saturated carbocycles. The van der Waals surface area contributed by atoms with Crippen molar-refractivity contribution in [2.24, 2.45) is 0 Å². The van der Waals surface area contributed by atoms with Crippen LogP contribution < -0.4 is 4.31 Å². The average molecular weight is 260 g/mol. The lowest BCUT2D eigenvalue weighted by Crippen LogP contribution is -2.30. The molecule has 0 unspecified atom stereocenters. The molecule has 0 heterocycles. The van der Waals surface area contributed by atoms with Crippen molar-refractivity contribution in [1.29, 1.82) is 0 Å². The van der Waals surface area contributed by atoms with Crippen LogP contribution in [0.15, 0.2) is 65.6 Å². The molecule has 0 aliphatic rings. The van der Waals surface area contributed by atoms with E-state index < -0.39 is 10.0 Å². The fraction of sp³-hybridized carbons (Fsp3) is 0.0714. The van der Waals surface area contributed by atoms with Crippen LogP contribution in [0.2, 0.25) is 0 Å². The lowest BCUT2D eigenvalue weighted by atomic mass is 10.3. The molecule has 2 rings (SSSR count). The number of benzene rings is 2. The SMILES string of the molecule is [CH2]CN(c1ccccc1)S(=O)(=O)c1ccccc1. The van der Waals surface area contributed by atoms with Gasteiger partial charge in [-0.15, -0.1) is 0 Å². The predicted molar refractivity (Wildman–Crippen MR) is 72.8 cm³/mol. The summed E-state index contributed by atoms with van der Waals surface area (Å²) >= 11 is 0. The van der Waals surface area contributed by atoms with Gasteiger partial charge >= 0.3 is 0 Å². The molecule has 0 bridgehead atoms. The fourth-order valence-corrected chi connectivity index (χ4v) is 3.10. The lowest BCUT2D eigenvalue weighted by molar-refractivity contribution is 0.593. The Morgan fingerprint density at radius 2 is 1.39 bits per heavy atom. The number of anilines is 1. The largest absolute Gasteiger partial charge is 0.266 e. The van der Waals surface area contributed by atoms with Gasteiger partial charge in [0.05, 0.1) is 10.6 Å². The van der Waals surface area contributed by atoms with Crippen LogP contribution in [0.5, 0.6) is 0 Å². The van der Waals surface area contributed by atoms with Gasteiger partial charge in [-0.25, -0.2) is 8.42 Å². The molecule has 0 amide bonds. The van der Waals surface area contributed by atoms with Gasteiger partial charge in [-0.2, -0.15) is 0 Å². The van der Waals surface area contributed by atoms with Crippen molar-refractivity contribution in [3.63, 3.8) is 0 Å².